The number of hydrogen-bond acceptors (Lipinski definition) is 5. The monoisotopic (exact) mass is 483 g/mol. The summed E-state index contributed by atoms with van der Waals surface area (Å²) in [5.41, 5.74) is 3.35. The first-order valence-corrected chi connectivity index (χ1v) is 11.4. The maximum absolute atomic E-state index is 13.8. The fourth-order valence-corrected chi connectivity index (χ4v) is 4.35. The summed E-state index contributed by atoms with van der Waals surface area (Å²) in [6.07, 6.45) is 1.86. The molecule has 0 aliphatic carbocycles. The molecule has 1 aliphatic rings. The van der Waals surface area contributed by atoms with Crippen molar-refractivity contribution in [1.29, 1.82) is 0 Å². The number of fused-ring (bicyclic) bond motifs is 1. The lowest BCUT2D eigenvalue weighted by Crippen LogP contribution is -2.47. The lowest BCUT2D eigenvalue weighted by atomic mass is 10.0. The van der Waals surface area contributed by atoms with E-state index in [0.29, 0.717) is 22.3 Å². The van der Waals surface area contributed by atoms with Crippen molar-refractivity contribution < 1.29 is 18.8 Å². The Balaban J connectivity index is 1.37. The molecule has 5 rings (SSSR count). The van der Waals surface area contributed by atoms with Crippen LogP contribution in [0.15, 0.2) is 79.0 Å². The van der Waals surface area contributed by atoms with E-state index in [-0.39, 0.29) is 18.9 Å². The van der Waals surface area contributed by atoms with Gasteiger partial charge in [0.25, 0.3) is 17.7 Å². The Kier molecular flexibility index (Phi) is 6.12. The number of nitrogens with zero attached hydrogens (tertiary/aromatic N) is 4. The molecule has 1 aromatic heterocycles. The predicted octanol–water partition coefficient (Wildman–Crippen LogP) is 3.26. The van der Waals surface area contributed by atoms with Crippen molar-refractivity contribution in [2.24, 2.45) is 7.05 Å². The first-order valence-electron chi connectivity index (χ1n) is 11.4. The zero-order chi connectivity index (χ0) is 25.2. The van der Waals surface area contributed by atoms with Gasteiger partial charge in [0, 0.05) is 24.7 Å². The second-order valence-electron chi connectivity index (χ2n) is 8.59. The van der Waals surface area contributed by atoms with Crippen molar-refractivity contribution in [3.8, 4) is 11.3 Å². The molecule has 3 aromatic carbocycles. The third kappa shape index (κ3) is 4.50. The van der Waals surface area contributed by atoms with Crippen LogP contribution in [0.4, 0.5) is 4.39 Å². The highest BCUT2D eigenvalue weighted by Crippen LogP contribution is 2.23. The Labute approximate surface area is 206 Å². The molecule has 9 heteroatoms. The molecule has 0 fully saturated rings. The number of rotatable bonds is 7. The molecule has 8 nitrogen and oxygen atoms in total. The molecule has 1 atom stereocenters. The van der Waals surface area contributed by atoms with Crippen LogP contribution in [0, 0.1) is 5.82 Å². The van der Waals surface area contributed by atoms with E-state index < -0.39 is 23.7 Å². The Bertz CT molecular complexity index is 1430. The summed E-state index contributed by atoms with van der Waals surface area (Å²) in [6, 6.07) is 18.9. The second-order valence-corrected chi connectivity index (χ2v) is 8.59. The van der Waals surface area contributed by atoms with Crippen LogP contribution in [-0.2, 0) is 13.5 Å². The van der Waals surface area contributed by atoms with Crippen molar-refractivity contribution >= 4 is 17.7 Å². The lowest BCUT2D eigenvalue weighted by Gasteiger charge is -2.24. The van der Waals surface area contributed by atoms with Gasteiger partial charge in [-0.2, -0.15) is 0 Å². The quantitative estimate of drug-likeness (QED) is 0.407. The van der Waals surface area contributed by atoms with Gasteiger partial charge in [-0.1, -0.05) is 41.6 Å². The fourth-order valence-electron chi connectivity index (χ4n) is 4.35. The van der Waals surface area contributed by atoms with Crippen LogP contribution >= 0.6 is 0 Å². The predicted molar refractivity (Wildman–Crippen MR) is 130 cm³/mol. The number of nitrogens with one attached hydrogen (secondary N) is 1. The zero-order valence-electron chi connectivity index (χ0n) is 19.4. The summed E-state index contributed by atoms with van der Waals surface area (Å²) in [4.78, 5) is 40.1. The Morgan fingerprint density at radius 2 is 1.67 bits per heavy atom. The average Bonchev–Trinajstić information content (AvgIpc) is 3.41. The Hall–Kier alpha value is -4.66. The summed E-state index contributed by atoms with van der Waals surface area (Å²) < 4.78 is 15.5. The van der Waals surface area contributed by atoms with Crippen molar-refractivity contribution in [1.82, 2.24) is 25.2 Å². The maximum atomic E-state index is 13.8. The van der Waals surface area contributed by atoms with Crippen LogP contribution in [0.25, 0.3) is 11.3 Å². The highest BCUT2D eigenvalue weighted by molar-refractivity contribution is 6.21. The van der Waals surface area contributed by atoms with Gasteiger partial charge in [0.2, 0.25) is 0 Å². The van der Waals surface area contributed by atoms with Gasteiger partial charge in [0.05, 0.1) is 29.1 Å². The average molecular weight is 484 g/mol. The molecular weight excluding hydrogens is 461 g/mol. The minimum Gasteiger partial charge on any atom is -0.347 e. The molecule has 2 heterocycles. The van der Waals surface area contributed by atoms with E-state index in [0.717, 1.165) is 16.2 Å². The van der Waals surface area contributed by atoms with Gasteiger partial charge in [-0.15, -0.1) is 5.10 Å². The maximum Gasteiger partial charge on any atom is 0.261 e. The second kappa shape index (κ2) is 9.53. The molecule has 0 spiro atoms. The van der Waals surface area contributed by atoms with E-state index in [2.05, 4.69) is 15.6 Å². The van der Waals surface area contributed by atoms with E-state index >= 15 is 0 Å². The number of imide groups is 1. The number of aryl methyl sites for hydroxylation is 1. The molecule has 36 heavy (non-hydrogen) atoms. The van der Waals surface area contributed by atoms with Crippen LogP contribution in [0.3, 0.4) is 0 Å². The third-order valence-electron chi connectivity index (χ3n) is 6.14. The molecule has 3 amide bonds. The molecule has 180 valence electrons. The van der Waals surface area contributed by atoms with E-state index in [4.69, 9.17) is 0 Å². The molecule has 1 aliphatic heterocycles. The van der Waals surface area contributed by atoms with Crippen molar-refractivity contribution in [2.45, 2.75) is 12.5 Å². The van der Waals surface area contributed by atoms with Gasteiger partial charge in [0.1, 0.15) is 5.82 Å². The number of benzene rings is 3. The van der Waals surface area contributed by atoms with E-state index in [1.54, 1.807) is 78.6 Å². The summed E-state index contributed by atoms with van der Waals surface area (Å²) in [5, 5.41) is 10.7. The first kappa shape index (κ1) is 23.1. The highest BCUT2D eigenvalue weighted by Gasteiger charge is 2.36. The van der Waals surface area contributed by atoms with Crippen molar-refractivity contribution in [3.05, 3.63) is 107 Å². The SMILES string of the molecule is Cn1nncc1-c1ccc(C(=O)N[C@@H](Cc2cccc(F)c2)CN2C(=O)c3ccccc3C2=O)cc1. The van der Waals surface area contributed by atoms with E-state index in [9.17, 15) is 18.8 Å². The highest BCUT2D eigenvalue weighted by atomic mass is 19.1. The van der Waals surface area contributed by atoms with Crippen LogP contribution in [0.5, 0.6) is 0 Å². The van der Waals surface area contributed by atoms with Crippen LogP contribution in [0.1, 0.15) is 36.6 Å². The van der Waals surface area contributed by atoms with Gasteiger partial charge in [-0.25, -0.2) is 9.07 Å². The van der Waals surface area contributed by atoms with E-state index in [1.165, 1.54) is 12.1 Å². The molecule has 0 saturated heterocycles. The van der Waals surface area contributed by atoms with Gasteiger partial charge in [-0.3, -0.25) is 19.3 Å². The topological polar surface area (TPSA) is 97.2 Å². The van der Waals surface area contributed by atoms with Gasteiger partial charge < -0.3 is 5.32 Å². The number of carbonyl (C=O) groups is 3. The number of hydrogen-bond donors (Lipinski definition) is 1. The lowest BCUT2D eigenvalue weighted by molar-refractivity contribution is 0.0628. The van der Waals surface area contributed by atoms with Gasteiger partial charge in [0.15, 0.2) is 0 Å². The van der Waals surface area contributed by atoms with Crippen LogP contribution < -0.4 is 5.32 Å². The normalized spacial score (nSPS) is 13.6. The fraction of sp³-hybridized carbons (Fsp3) is 0.148. The van der Waals surface area contributed by atoms with Crippen molar-refractivity contribution in [2.75, 3.05) is 6.54 Å². The molecule has 0 radical (unpaired) electrons. The molecule has 4 aromatic rings. The van der Waals surface area contributed by atoms with E-state index in [1.807, 2.05) is 0 Å². The number of amides is 3. The third-order valence-corrected chi connectivity index (χ3v) is 6.14. The summed E-state index contributed by atoms with van der Waals surface area (Å²) in [6.45, 7) is -0.0482. The number of aromatic nitrogens is 3. The minimum absolute atomic E-state index is 0.0482. The summed E-state index contributed by atoms with van der Waals surface area (Å²) >= 11 is 0. The van der Waals surface area contributed by atoms with Crippen LogP contribution in [-0.4, -0.2) is 50.2 Å². The largest absolute Gasteiger partial charge is 0.347 e. The molecule has 0 bridgehead atoms. The number of carbonyl (C=O) groups excluding carboxylic acids is 3. The summed E-state index contributed by atoms with van der Waals surface area (Å²) in [7, 11) is 1.78. The Morgan fingerprint density at radius 3 is 2.28 bits per heavy atom. The van der Waals surface area contributed by atoms with Gasteiger partial charge >= 0.3 is 0 Å². The van der Waals surface area contributed by atoms with Gasteiger partial charge in [-0.05, 0) is 48.4 Å². The Morgan fingerprint density at radius 1 is 0.972 bits per heavy atom. The standard InChI is InChI=1S/C27H22FN5O3/c1-32-24(15-29-31-32)18-9-11-19(12-10-18)25(34)30-21(14-17-5-4-6-20(28)13-17)16-33-26(35)22-7-2-3-8-23(22)27(33)36/h2-13,15,21H,14,16H2,1H3,(H,30,34)/t21-/m0/s1. The minimum atomic E-state index is -0.637. The first-order chi connectivity index (χ1) is 17.4. The molecule has 1 N–H and O–H groups in total. The molecule has 0 saturated carbocycles. The van der Waals surface area contributed by atoms with Crippen LogP contribution in [0.2, 0.25) is 0 Å². The zero-order valence-corrected chi connectivity index (χ0v) is 19.4. The summed E-state index contributed by atoms with van der Waals surface area (Å²) in [5.74, 6) is -1.60. The smallest absolute Gasteiger partial charge is 0.261 e. The van der Waals surface area contributed by atoms with Crippen molar-refractivity contribution in [3.63, 3.8) is 0 Å². The number of halogens is 1. The molecular formula is C27H22FN5O3. The molecule has 0 unspecified atom stereocenters.